The van der Waals surface area contributed by atoms with Crippen molar-refractivity contribution < 1.29 is 9.59 Å². The van der Waals surface area contributed by atoms with Crippen molar-refractivity contribution in [2.75, 3.05) is 12.3 Å². The van der Waals surface area contributed by atoms with Gasteiger partial charge in [-0.25, -0.2) is 0 Å². The fourth-order valence-corrected chi connectivity index (χ4v) is 5.15. The summed E-state index contributed by atoms with van der Waals surface area (Å²) in [6, 6.07) is 23.7. The summed E-state index contributed by atoms with van der Waals surface area (Å²) >= 11 is 7.59. The fourth-order valence-electron chi connectivity index (χ4n) is 3.84. The molecule has 4 rings (SSSR count). The van der Waals surface area contributed by atoms with Crippen LogP contribution in [0.1, 0.15) is 44.4 Å². The number of hydrogen-bond acceptors (Lipinski definition) is 3. The van der Waals surface area contributed by atoms with Gasteiger partial charge in [-0.1, -0.05) is 65.7 Å². The van der Waals surface area contributed by atoms with Crippen molar-refractivity contribution >= 4 is 35.2 Å². The number of aryl methyl sites for hydroxylation is 2. The molecule has 0 saturated carbocycles. The monoisotopic (exact) mass is 478 g/mol. The van der Waals surface area contributed by atoms with Gasteiger partial charge in [0.25, 0.3) is 5.91 Å². The Morgan fingerprint density at radius 1 is 1.00 bits per heavy atom. The lowest BCUT2D eigenvalue weighted by Crippen LogP contribution is -2.28. The van der Waals surface area contributed by atoms with Crippen molar-refractivity contribution in [3.8, 4) is 0 Å². The van der Waals surface area contributed by atoms with E-state index in [0.717, 1.165) is 24.0 Å². The predicted molar refractivity (Wildman–Crippen MR) is 135 cm³/mol. The predicted octanol–water partition coefficient (Wildman–Crippen LogP) is 5.79. The average Bonchev–Trinajstić information content (AvgIpc) is 3.19. The molecular weight excluding hydrogens is 452 g/mol. The van der Waals surface area contributed by atoms with Crippen molar-refractivity contribution in [3.05, 3.63) is 106 Å². The second-order valence-corrected chi connectivity index (χ2v) is 9.78. The highest BCUT2D eigenvalue weighted by molar-refractivity contribution is 8.00. The third kappa shape index (κ3) is 6.18. The summed E-state index contributed by atoms with van der Waals surface area (Å²) in [5.41, 5.74) is 5.24. The highest BCUT2D eigenvalue weighted by Crippen LogP contribution is 2.39. The molecule has 1 heterocycles. The number of nitrogens with one attached hydrogen (secondary N) is 1. The molecule has 0 spiro atoms. The lowest BCUT2D eigenvalue weighted by molar-refractivity contribution is -0.128. The van der Waals surface area contributed by atoms with Gasteiger partial charge in [0.2, 0.25) is 5.91 Å². The van der Waals surface area contributed by atoms with Gasteiger partial charge in [-0.05, 0) is 60.7 Å². The van der Waals surface area contributed by atoms with Gasteiger partial charge in [0.1, 0.15) is 5.37 Å². The van der Waals surface area contributed by atoms with Gasteiger partial charge >= 0.3 is 0 Å². The number of rotatable bonds is 8. The molecule has 0 bridgehead atoms. The Kier molecular flexibility index (Phi) is 7.73. The van der Waals surface area contributed by atoms with Crippen LogP contribution < -0.4 is 5.32 Å². The van der Waals surface area contributed by atoms with Crippen LogP contribution in [0.25, 0.3) is 0 Å². The SMILES string of the molecule is Cc1ccc(CCCNC(=O)c2ccc([C@H]3SCC(=O)N3Cc3ccc(Cl)cc3)cc2)cc1. The molecule has 6 heteroatoms. The molecule has 33 heavy (non-hydrogen) atoms. The molecule has 1 saturated heterocycles. The zero-order chi connectivity index (χ0) is 23.2. The molecule has 1 N–H and O–H groups in total. The second kappa shape index (κ2) is 10.9. The normalized spacial score (nSPS) is 15.6. The first-order chi connectivity index (χ1) is 16.0. The first-order valence-electron chi connectivity index (χ1n) is 11.1. The highest BCUT2D eigenvalue weighted by atomic mass is 35.5. The molecule has 1 fully saturated rings. The smallest absolute Gasteiger partial charge is 0.251 e. The molecule has 3 aromatic rings. The largest absolute Gasteiger partial charge is 0.352 e. The lowest BCUT2D eigenvalue weighted by atomic mass is 10.1. The van der Waals surface area contributed by atoms with E-state index in [0.29, 0.717) is 29.4 Å². The number of benzene rings is 3. The maximum atomic E-state index is 12.5. The summed E-state index contributed by atoms with van der Waals surface area (Å²) in [5, 5.41) is 3.63. The van der Waals surface area contributed by atoms with E-state index in [1.54, 1.807) is 11.8 Å². The molecule has 1 aliphatic heterocycles. The summed E-state index contributed by atoms with van der Waals surface area (Å²) < 4.78 is 0. The van der Waals surface area contributed by atoms with E-state index in [-0.39, 0.29) is 17.2 Å². The molecule has 0 unspecified atom stereocenters. The minimum absolute atomic E-state index is 0.0557. The topological polar surface area (TPSA) is 49.4 Å². The van der Waals surface area contributed by atoms with Crippen molar-refractivity contribution in [1.82, 2.24) is 10.2 Å². The summed E-state index contributed by atoms with van der Waals surface area (Å²) in [6.07, 6.45) is 1.84. The summed E-state index contributed by atoms with van der Waals surface area (Å²) in [5.74, 6) is 0.510. The molecule has 0 aromatic heterocycles. The molecular formula is C27H27ClN2O2S. The first kappa shape index (κ1) is 23.4. The third-order valence-electron chi connectivity index (χ3n) is 5.74. The van der Waals surface area contributed by atoms with Gasteiger partial charge in [-0.2, -0.15) is 0 Å². The van der Waals surface area contributed by atoms with Gasteiger partial charge in [0.15, 0.2) is 0 Å². The zero-order valence-electron chi connectivity index (χ0n) is 18.6. The molecule has 2 amide bonds. The van der Waals surface area contributed by atoms with E-state index in [2.05, 4.69) is 36.5 Å². The van der Waals surface area contributed by atoms with Crippen molar-refractivity contribution in [3.63, 3.8) is 0 Å². The standard InChI is InChI=1S/C27H27ClN2O2S/c1-19-4-6-20(7-5-19)3-2-16-29-26(32)22-10-12-23(13-11-22)27-30(25(31)18-33-27)17-21-8-14-24(28)15-9-21/h4-15,27H,2-3,16-18H2,1H3,(H,29,32)/t27-/m1/s1. The van der Waals surface area contributed by atoms with Crippen LogP contribution in [-0.4, -0.2) is 29.0 Å². The van der Waals surface area contributed by atoms with Crippen LogP contribution in [0.15, 0.2) is 72.8 Å². The van der Waals surface area contributed by atoms with E-state index in [1.165, 1.54) is 11.1 Å². The molecule has 1 aliphatic rings. The van der Waals surface area contributed by atoms with Crippen LogP contribution in [0.2, 0.25) is 5.02 Å². The van der Waals surface area contributed by atoms with Crippen molar-refractivity contribution in [1.29, 1.82) is 0 Å². The highest BCUT2D eigenvalue weighted by Gasteiger charge is 2.32. The molecule has 3 aromatic carbocycles. The zero-order valence-corrected chi connectivity index (χ0v) is 20.2. The first-order valence-corrected chi connectivity index (χ1v) is 12.5. The molecule has 1 atom stereocenters. The fraction of sp³-hybridized carbons (Fsp3) is 0.259. The number of hydrogen-bond donors (Lipinski definition) is 1. The Hall–Kier alpha value is -2.76. The van der Waals surface area contributed by atoms with Crippen molar-refractivity contribution in [2.24, 2.45) is 0 Å². The van der Waals surface area contributed by atoms with E-state index in [9.17, 15) is 9.59 Å². The van der Waals surface area contributed by atoms with Crippen LogP contribution in [-0.2, 0) is 17.8 Å². The minimum atomic E-state index is -0.0707. The Balaban J connectivity index is 1.31. The average molecular weight is 479 g/mol. The Morgan fingerprint density at radius 3 is 2.36 bits per heavy atom. The van der Waals surface area contributed by atoms with Gasteiger partial charge in [-0.3, -0.25) is 9.59 Å². The number of carbonyl (C=O) groups is 2. The minimum Gasteiger partial charge on any atom is -0.352 e. The molecule has 170 valence electrons. The number of thioether (sulfide) groups is 1. The number of nitrogens with zero attached hydrogens (tertiary/aromatic N) is 1. The van der Waals surface area contributed by atoms with Crippen molar-refractivity contribution in [2.45, 2.75) is 31.7 Å². The number of carbonyl (C=O) groups excluding carboxylic acids is 2. The molecule has 4 nitrogen and oxygen atoms in total. The Labute approximate surface area is 204 Å². The summed E-state index contributed by atoms with van der Waals surface area (Å²) in [7, 11) is 0. The van der Waals surface area contributed by atoms with Crippen LogP contribution in [0, 0.1) is 6.92 Å². The summed E-state index contributed by atoms with van der Waals surface area (Å²) in [6.45, 7) is 3.25. The quantitative estimate of drug-likeness (QED) is 0.417. The van der Waals surface area contributed by atoms with Crippen LogP contribution in [0.5, 0.6) is 0 Å². The second-order valence-electron chi connectivity index (χ2n) is 8.28. The van der Waals surface area contributed by atoms with Gasteiger partial charge in [0, 0.05) is 23.7 Å². The lowest BCUT2D eigenvalue weighted by Gasteiger charge is -2.24. The van der Waals surface area contributed by atoms with Crippen LogP contribution in [0.3, 0.4) is 0 Å². The number of amides is 2. The number of halogens is 1. The molecule has 0 aliphatic carbocycles. The molecule has 0 radical (unpaired) electrons. The van der Waals surface area contributed by atoms with E-state index >= 15 is 0 Å². The van der Waals surface area contributed by atoms with Gasteiger partial charge in [0.05, 0.1) is 5.75 Å². The van der Waals surface area contributed by atoms with Crippen LogP contribution >= 0.6 is 23.4 Å². The maximum absolute atomic E-state index is 12.5. The van der Waals surface area contributed by atoms with Gasteiger partial charge in [-0.15, -0.1) is 11.8 Å². The van der Waals surface area contributed by atoms with Gasteiger partial charge < -0.3 is 10.2 Å². The Bertz CT molecular complexity index is 1100. The third-order valence-corrected chi connectivity index (χ3v) is 7.25. The van der Waals surface area contributed by atoms with Crippen LogP contribution in [0.4, 0.5) is 0 Å². The van der Waals surface area contributed by atoms with E-state index in [1.807, 2.05) is 53.4 Å². The van der Waals surface area contributed by atoms with E-state index < -0.39 is 0 Å². The maximum Gasteiger partial charge on any atom is 0.251 e. The Morgan fingerprint density at radius 2 is 1.67 bits per heavy atom. The van der Waals surface area contributed by atoms with E-state index in [4.69, 9.17) is 11.6 Å². The summed E-state index contributed by atoms with van der Waals surface area (Å²) in [4.78, 5) is 26.9.